The van der Waals surface area contributed by atoms with E-state index >= 15 is 0 Å². The Kier molecular flexibility index (Phi) is 5.42. The number of ether oxygens (including phenoxy) is 1. The SMILES string of the molecule is CC(=O)Oc1cc2c(s1)CCN([C@@H](Cc1ccccc1Cl)C(=O)O)C2. The van der Waals surface area contributed by atoms with Gasteiger partial charge in [0.1, 0.15) is 6.04 Å². The molecule has 1 atom stereocenters. The molecule has 0 fully saturated rings. The van der Waals surface area contributed by atoms with Crippen molar-refractivity contribution < 1.29 is 19.4 Å². The molecule has 1 aliphatic heterocycles. The Labute approximate surface area is 154 Å². The van der Waals surface area contributed by atoms with E-state index in [2.05, 4.69) is 0 Å². The smallest absolute Gasteiger partial charge is 0.321 e. The first-order valence-electron chi connectivity index (χ1n) is 7.94. The number of nitrogens with zero attached hydrogens (tertiary/aromatic N) is 1. The molecule has 0 spiro atoms. The van der Waals surface area contributed by atoms with E-state index in [1.807, 2.05) is 29.2 Å². The maximum atomic E-state index is 11.8. The first-order valence-corrected chi connectivity index (χ1v) is 9.13. The molecular formula is C18H18ClNO4S. The third kappa shape index (κ3) is 4.21. The molecule has 0 saturated carbocycles. The van der Waals surface area contributed by atoms with E-state index < -0.39 is 12.0 Å². The van der Waals surface area contributed by atoms with E-state index in [4.69, 9.17) is 16.3 Å². The summed E-state index contributed by atoms with van der Waals surface area (Å²) < 4.78 is 5.15. The zero-order valence-corrected chi connectivity index (χ0v) is 15.3. The number of hydrogen-bond donors (Lipinski definition) is 1. The van der Waals surface area contributed by atoms with E-state index in [-0.39, 0.29) is 5.97 Å². The Morgan fingerprint density at radius 3 is 2.84 bits per heavy atom. The minimum Gasteiger partial charge on any atom is -0.480 e. The van der Waals surface area contributed by atoms with Crippen LogP contribution in [0.2, 0.25) is 5.02 Å². The van der Waals surface area contributed by atoms with Crippen LogP contribution >= 0.6 is 22.9 Å². The third-order valence-corrected chi connectivity index (χ3v) is 5.70. The summed E-state index contributed by atoms with van der Waals surface area (Å²) in [6, 6.07) is 8.51. The number of carboxylic acids is 1. The highest BCUT2D eigenvalue weighted by Crippen LogP contribution is 2.34. The molecule has 2 aromatic rings. The number of fused-ring (bicyclic) bond motifs is 1. The van der Waals surface area contributed by atoms with Crippen LogP contribution in [0, 0.1) is 0 Å². The van der Waals surface area contributed by atoms with Crippen LogP contribution in [0.15, 0.2) is 30.3 Å². The van der Waals surface area contributed by atoms with Gasteiger partial charge in [0, 0.05) is 36.3 Å². The van der Waals surface area contributed by atoms with Crippen molar-refractivity contribution in [2.75, 3.05) is 6.54 Å². The van der Waals surface area contributed by atoms with Crippen LogP contribution in [0.5, 0.6) is 5.06 Å². The van der Waals surface area contributed by atoms with E-state index in [9.17, 15) is 14.7 Å². The summed E-state index contributed by atoms with van der Waals surface area (Å²) in [6.45, 7) is 2.54. The van der Waals surface area contributed by atoms with Crippen molar-refractivity contribution in [1.29, 1.82) is 0 Å². The second kappa shape index (κ2) is 7.56. The Morgan fingerprint density at radius 2 is 2.16 bits per heavy atom. The molecular weight excluding hydrogens is 362 g/mol. The zero-order chi connectivity index (χ0) is 18.0. The van der Waals surface area contributed by atoms with Crippen molar-refractivity contribution in [3.63, 3.8) is 0 Å². The predicted octanol–water partition coefficient (Wildman–Crippen LogP) is 3.38. The van der Waals surface area contributed by atoms with E-state index in [0.717, 1.165) is 22.4 Å². The molecule has 0 aliphatic carbocycles. The van der Waals surface area contributed by atoms with Crippen LogP contribution in [-0.2, 0) is 29.0 Å². The number of carbonyl (C=O) groups excluding carboxylic acids is 1. The quantitative estimate of drug-likeness (QED) is 0.806. The van der Waals surface area contributed by atoms with Crippen LogP contribution in [0.3, 0.4) is 0 Å². The van der Waals surface area contributed by atoms with Gasteiger partial charge in [-0.15, -0.1) is 11.3 Å². The number of rotatable bonds is 5. The van der Waals surface area contributed by atoms with Gasteiger partial charge in [-0.1, -0.05) is 29.8 Å². The summed E-state index contributed by atoms with van der Waals surface area (Å²) in [4.78, 5) is 26.0. The fourth-order valence-electron chi connectivity index (χ4n) is 3.03. The Bertz CT molecular complexity index is 804. The molecule has 0 unspecified atom stereocenters. The van der Waals surface area contributed by atoms with Crippen molar-refractivity contribution in [1.82, 2.24) is 4.90 Å². The monoisotopic (exact) mass is 379 g/mol. The van der Waals surface area contributed by atoms with Gasteiger partial charge in [0.2, 0.25) is 0 Å². The highest BCUT2D eigenvalue weighted by atomic mass is 35.5. The average molecular weight is 380 g/mol. The number of aliphatic carboxylic acids is 1. The first-order chi connectivity index (χ1) is 11.9. The van der Waals surface area contributed by atoms with Crippen LogP contribution < -0.4 is 4.74 Å². The number of benzene rings is 1. The summed E-state index contributed by atoms with van der Waals surface area (Å²) in [7, 11) is 0. The molecule has 25 heavy (non-hydrogen) atoms. The molecule has 0 amide bonds. The van der Waals surface area contributed by atoms with Gasteiger partial charge < -0.3 is 9.84 Å². The van der Waals surface area contributed by atoms with Gasteiger partial charge in [-0.3, -0.25) is 14.5 Å². The van der Waals surface area contributed by atoms with Gasteiger partial charge in [0.25, 0.3) is 0 Å². The zero-order valence-electron chi connectivity index (χ0n) is 13.7. The van der Waals surface area contributed by atoms with Gasteiger partial charge in [0.15, 0.2) is 5.06 Å². The number of esters is 1. The molecule has 1 aromatic heterocycles. The topological polar surface area (TPSA) is 66.8 Å². The van der Waals surface area contributed by atoms with Gasteiger partial charge in [-0.05, 0) is 29.7 Å². The average Bonchev–Trinajstić information content (AvgIpc) is 2.94. The standard InChI is InChI=1S/C18H18ClNO4S/c1-11(21)24-17-9-13-10-20(7-6-16(13)25-17)15(18(22)23)8-12-4-2-3-5-14(12)19/h2-5,9,15H,6-8,10H2,1H3,(H,22,23)/t15-/m0/s1. The van der Waals surface area contributed by atoms with Crippen molar-refractivity contribution in [3.05, 3.63) is 51.4 Å². The molecule has 1 N–H and O–H groups in total. The lowest BCUT2D eigenvalue weighted by atomic mass is 10.0. The van der Waals surface area contributed by atoms with Gasteiger partial charge in [-0.2, -0.15) is 0 Å². The molecule has 3 rings (SSSR count). The van der Waals surface area contributed by atoms with Crippen LogP contribution in [0.1, 0.15) is 22.9 Å². The minimum atomic E-state index is -0.862. The lowest BCUT2D eigenvalue weighted by Gasteiger charge is -2.32. The lowest BCUT2D eigenvalue weighted by molar-refractivity contribution is -0.143. The van der Waals surface area contributed by atoms with Gasteiger partial charge in [0.05, 0.1) is 0 Å². The lowest BCUT2D eigenvalue weighted by Crippen LogP contribution is -2.45. The summed E-state index contributed by atoms with van der Waals surface area (Å²) in [5.41, 5.74) is 1.85. The minimum absolute atomic E-state index is 0.349. The number of carboxylic acid groups (broad SMARTS) is 1. The van der Waals surface area contributed by atoms with Crippen molar-refractivity contribution >= 4 is 34.9 Å². The van der Waals surface area contributed by atoms with Crippen molar-refractivity contribution in [2.24, 2.45) is 0 Å². The first kappa shape index (κ1) is 17.9. The van der Waals surface area contributed by atoms with Gasteiger partial charge in [-0.25, -0.2) is 0 Å². The van der Waals surface area contributed by atoms with Crippen molar-refractivity contribution in [2.45, 2.75) is 32.4 Å². The highest BCUT2D eigenvalue weighted by Gasteiger charge is 2.30. The number of hydrogen-bond acceptors (Lipinski definition) is 5. The molecule has 1 aliphatic rings. The third-order valence-electron chi connectivity index (χ3n) is 4.21. The molecule has 7 heteroatoms. The molecule has 0 radical (unpaired) electrons. The largest absolute Gasteiger partial charge is 0.480 e. The second-order valence-corrected chi connectivity index (χ2v) is 7.48. The number of halogens is 1. The van der Waals surface area contributed by atoms with E-state index in [1.165, 1.54) is 18.3 Å². The molecule has 132 valence electrons. The van der Waals surface area contributed by atoms with Crippen LogP contribution in [0.25, 0.3) is 0 Å². The summed E-state index contributed by atoms with van der Waals surface area (Å²) in [5, 5.41) is 10.8. The van der Waals surface area contributed by atoms with Crippen LogP contribution in [-0.4, -0.2) is 34.5 Å². The summed E-state index contributed by atoms with van der Waals surface area (Å²) >= 11 is 7.64. The maximum Gasteiger partial charge on any atom is 0.321 e. The fourth-order valence-corrected chi connectivity index (χ4v) is 4.29. The highest BCUT2D eigenvalue weighted by molar-refractivity contribution is 7.14. The fraction of sp³-hybridized carbons (Fsp3) is 0.333. The number of thiophene rings is 1. The normalized spacial score (nSPS) is 15.4. The Balaban J connectivity index is 1.77. The summed E-state index contributed by atoms with van der Waals surface area (Å²) in [6.07, 6.45) is 1.10. The molecule has 2 heterocycles. The second-order valence-electron chi connectivity index (χ2n) is 5.98. The van der Waals surface area contributed by atoms with Gasteiger partial charge >= 0.3 is 11.9 Å². The summed E-state index contributed by atoms with van der Waals surface area (Å²) in [5.74, 6) is -1.21. The van der Waals surface area contributed by atoms with Crippen molar-refractivity contribution in [3.8, 4) is 5.06 Å². The molecule has 0 bridgehead atoms. The Morgan fingerprint density at radius 1 is 1.40 bits per heavy atom. The Hall–Kier alpha value is -1.89. The maximum absolute atomic E-state index is 11.8. The van der Waals surface area contributed by atoms with E-state index in [1.54, 1.807) is 6.07 Å². The van der Waals surface area contributed by atoms with E-state index in [0.29, 0.717) is 29.6 Å². The molecule has 1 aromatic carbocycles. The predicted molar refractivity (Wildman–Crippen MR) is 96.3 cm³/mol. The van der Waals surface area contributed by atoms with Crippen LogP contribution in [0.4, 0.5) is 0 Å². The molecule has 5 nitrogen and oxygen atoms in total. The molecule has 0 saturated heterocycles. The number of carbonyl (C=O) groups is 2.